The van der Waals surface area contributed by atoms with Crippen molar-refractivity contribution in [3.8, 4) is 5.69 Å². The molecule has 0 saturated heterocycles. The van der Waals surface area contributed by atoms with Crippen molar-refractivity contribution in [2.45, 2.75) is 13.8 Å². The third-order valence-electron chi connectivity index (χ3n) is 5.53. The molecule has 0 fully saturated rings. The van der Waals surface area contributed by atoms with Crippen molar-refractivity contribution >= 4 is 50.0 Å². The minimum atomic E-state index is -0.0796. The number of H-pyrrole nitrogens is 1. The molecule has 1 N–H and O–H groups in total. The molecule has 0 radical (unpaired) electrons. The Labute approximate surface area is 193 Å². The van der Waals surface area contributed by atoms with E-state index in [-0.39, 0.29) is 5.56 Å². The fourth-order valence-corrected chi connectivity index (χ4v) is 4.47. The number of benzene rings is 3. The van der Waals surface area contributed by atoms with E-state index in [2.05, 4.69) is 33.6 Å². The summed E-state index contributed by atoms with van der Waals surface area (Å²) in [6, 6.07) is 25.9. The van der Waals surface area contributed by atoms with Crippen LogP contribution in [0.3, 0.4) is 0 Å². The SMILES string of the molecule is Cc1ccccc1-n1c(=Nc2c(C)[nH]c3ccccc23)ccc2ccc(I)cc2c1=O. The highest BCUT2D eigenvalue weighted by molar-refractivity contribution is 14.1. The Morgan fingerprint density at radius 1 is 0.871 bits per heavy atom. The third-order valence-corrected chi connectivity index (χ3v) is 6.20. The van der Waals surface area contributed by atoms with Gasteiger partial charge in [0, 0.05) is 25.6 Å². The van der Waals surface area contributed by atoms with Crippen LogP contribution in [0, 0.1) is 17.4 Å². The summed E-state index contributed by atoms with van der Waals surface area (Å²) in [6.07, 6.45) is 0. The number of aromatic nitrogens is 2. The lowest BCUT2D eigenvalue weighted by Crippen LogP contribution is -2.29. The first kappa shape index (κ1) is 19.8. The molecule has 0 aliphatic heterocycles. The van der Waals surface area contributed by atoms with Gasteiger partial charge < -0.3 is 4.98 Å². The minimum absolute atomic E-state index is 0.0796. The number of halogens is 1. The van der Waals surface area contributed by atoms with Crippen LogP contribution in [0.4, 0.5) is 5.69 Å². The predicted molar refractivity (Wildman–Crippen MR) is 135 cm³/mol. The van der Waals surface area contributed by atoms with Gasteiger partial charge in [-0.25, -0.2) is 4.99 Å². The van der Waals surface area contributed by atoms with Gasteiger partial charge in [0.05, 0.1) is 11.4 Å². The highest BCUT2D eigenvalue weighted by Crippen LogP contribution is 2.29. The number of aromatic amines is 1. The number of aryl methyl sites for hydroxylation is 2. The molecule has 0 amide bonds. The molecule has 5 rings (SSSR count). The quantitative estimate of drug-likeness (QED) is 0.290. The maximum absolute atomic E-state index is 13.8. The zero-order valence-corrected chi connectivity index (χ0v) is 19.3. The monoisotopic (exact) mass is 517 g/mol. The van der Waals surface area contributed by atoms with Crippen LogP contribution in [0.2, 0.25) is 0 Å². The molecule has 2 heterocycles. The fraction of sp³-hybridized carbons (Fsp3) is 0.0769. The number of hydrogen-bond acceptors (Lipinski definition) is 2. The summed E-state index contributed by atoms with van der Waals surface area (Å²) in [6.45, 7) is 4.03. The summed E-state index contributed by atoms with van der Waals surface area (Å²) < 4.78 is 2.75. The lowest BCUT2D eigenvalue weighted by Gasteiger charge is -2.08. The Kier molecular flexibility index (Phi) is 4.98. The van der Waals surface area contributed by atoms with Crippen LogP contribution in [-0.4, -0.2) is 9.55 Å². The number of rotatable bonds is 2. The average Bonchev–Trinajstić information content (AvgIpc) is 3.01. The second-order valence-electron chi connectivity index (χ2n) is 7.61. The molecule has 31 heavy (non-hydrogen) atoms. The van der Waals surface area contributed by atoms with Crippen LogP contribution in [0.25, 0.3) is 27.4 Å². The first-order valence-corrected chi connectivity index (χ1v) is 11.1. The molecular weight excluding hydrogens is 497 g/mol. The number of hydrogen-bond donors (Lipinski definition) is 1. The molecule has 3 aromatic carbocycles. The molecule has 0 aliphatic rings. The number of nitrogens with one attached hydrogen (secondary N) is 1. The zero-order valence-electron chi connectivity index (χ0n) is 17.2. The Bertz CT molecular complexity index is 1590. The lowest BCUT2D eigenvalue weighted by atomic mass is 10.2. The van der Waals surface area contributed by atoms with Gasteiger partial charge in [-0.05, 0) is 77.7 Å². The highest BCUT2D eigenvalue weighted by atomic mass is 127. The van der Waals surface area contributed by atoms with Crippen molar-refractivity contribution in [2.75, 3.05) is 0 Å². The summed E-state index contributed by atoms with van der Waals surface area (Å²) in [5, 5.41) is 2.60. The van der Waals surface area contributed by atoms with Crippen molar-refractivity contribution in [1.82, 2.24) is 9.55 Å². The molecule has 5 aromatic rings. The van der Waals surface area contributed by atoms with Gasteiger partial charge in [-0.1, -0.05) is 48.5 Å². The van der Waals surface area contributed by atoms with Crippen molar-refractivity contribution in [3.63, 3.8) is 0 Å². The third kappa shape index (κ3) is 3.49. The van der Waals surface area contributed by atoms with Crippen LogP contribution in [0.5, 0.6) is 0 Å². The van der Waals surface area contributed by atoms with Crippen LogP contribution >= 0.6 is 22.6 Å². The number of nitrogens with zero attached hydrogens (tertiary/aromatic N) is 2. The zero-order chi connectivity index (χ0) is 21.5. The molecule has 0 saturated carbocycles. The minimum Gasteiger partial charge on any atom is -0.357 e. The summed E-state index contributed by atoms with van der Waals surface area (Å²) in [5.74, 6) is 0. The Hall–Kier alpha value is -3.19. The lowest BCUT2D eigenvalue weighted by molar-refractivity contribution is 0.921. The molecule has 2 aromatic heterocycles. The van der Waals surface area contributed by atoms with E-state index in [1.165, 1.54) is 0 Å². The second kappa shape index (κ2) is 7.81. The topological polar surface area (TPSA) is 50.1 Å². The fourth-order valence-electron chi connectivity index (χ4n) is 3.98. The van der Waals surface area contributed by atoms with E-state index in [0.717, 1.165) is 42.5 Å². The van der Waals surface area contributed by atoms with Gasteiger partial charge in [0.2, 0.25) is 0 Å². The van der Waals surface area contributed by atoms with Crippen molar-refractivity contribution in [2.24, 2.45) is 4.99 Å². The molecule has 4 nitrogen and oxygen atoms in total. The van der Waals surface area contributed by atoms with Gasteiger partial charge in [-0.15, -0.1) is 0 Å². The van der Waals surface area contributed by atoms with Crippen molar-refractivity contribution in [3.05, 3.63) is 110 Å². The van der Waals surface area contributed by atoms with Crippen molar-refractivity contribution < 1.29 is 0 Å². The van der Waals surface area contributed by atoms with E-state index in [1.54, 1.807) is 4.57 Å². The Balaban J connectivity index is 1.97. The summed E-state index contributed by atoms with van der Waals surface area (Å²) in [4.78, 5) is 22.2. The van der Waals surface area contributed by atoms with Gasteiger partial charge in [-0.3, -0.25) is 9.36 Å². The van der Waals surface area contributed by atoms with Crippen molar-refractivity contribution in [1.29, 1.82) is 0 Å². The van der Waals surface area contributed by atoms with Gasteiger partial charge in [0.1, 0.15) is 5.49 Å². The summed E-state index contributed by atoms with van der Waals surface area (Å²) >= 11 is 2.24. The summed E-state index contributed by atoms with van der Waals surface area (Å²) in [7, 11) is 0. The van der Waals surface area contributed by atoms with Gasteiger partial charge >= 0.3 is 0 Å². The second-order valence-corrected chi connectivity index (χ2v) is 8.85. The number of para-hydroxylation sites is 2. The molecule has 0 spiro atoms. The Morgan fingerprint density at radius 2 is 1.61 bits per heavy atom. The standard InChI is InChI=1S/C26H20IN3O/c1-16-7-3-6-10-23(16)30-24(14-12-18-11-13-19(27)15-21(18)26(30)31)29-25-17(2)28-22-9-5-4-8-20(22)25/h3-15,28H,1-2H3. The molecular formula is C26H20IN3O. The molecule has 0 atom stereocenters. The average molecular weight is 517 g/mol. The van der Waals surface area contributed by atoms with Crippen LogP contribution in [-0.2, 0) is 0 Å². The van der Waals surface area contributed by atoms with Gasteiger partial charge in [0.15, 0.2) is 0 Å². The van der Waals surface area contributed by atoms with Crippen LogP contribution in [0.1, 0.15) is 11.3 Å². The van der Waals surface area contributed by atoms with E-state index < -0.39 is 0 Å². The Morgan fingerprint density at radius 3 is 2.45 bits per heavy atom. The van der Waals surface area contributed by atoms with E-state index in [1.807, 2.05) is 86.6 Å². The summed E-state index contributed by atoms with van der Waals surface area (Å²) in [5.41, 5.74) is 5.21. The molecule has 0 unspecified atom stereocenters. The molecule has 0 aliphatic carbocycles. The smallest absolute Gasteiger partial charge is 0.264 e. The van der Waals surface area contributed by atoms with E-state index >= 15 is 0 Å². The highest BCUT2D eigenvalue weighted by Gasteiger charge is 2.11. The first-order valence-electron chi connectivity index (χ1n) is 10.1. The van der Waals surface area contributed by atoms with E-state index in [9.17, 15) is 4.79 Å². The van der Waals surface area contributed by atoms with E-state index in [4.69, 9.17) is 4.99 Å². The van der Waals surface area contributed by atoms with Gasteiger partial charge in [0.25, 0.3) is 5.56 Å². The van der Waals surface area contributed by atoms with E-state index in [0.29, 0.717) is 10.9 Å². The predicted octanol–water partition coefficient (Wildman–Crippen LogP) is 5.93. The first-order chi connectivity index (χ1) is 15.0. The van der Waals surface area contributed by atoms with Crippen LogP contribution in [0.15, 0.2) is 88.6 Å². The van der Waals surface area contributed by atoms with Crippen LogP contribution < -0.4 is 11.0 Å². The molecule has 152 valence electrons. The maximum Gasteiger partial charge on any atom is 0.264 e. The van der Waals surface area contributed by atoms with Gasteiger partial charge in [-0.2, -0.15) is 0 Å². The maximum atomic E-state index is 13.8. The largest absolute Gasteiger partial charge is 0.357 e. The normalized spacial score (nSPS) is 12.0. The number of fused-ring (bicyclic) bond motifs is 2. The molecule has 5 heteroatoms. The molecule has 0 bridgehead atoms.